The van der Waals surface area contributed by atoms with Crippen molar-refractivity contribution in [1.82, 2.24) is 25.6 Å². The lowest BCUT2D eigenvalue weighted by Crippen LogP contribution is -2.62. The number of aromatic nitrogens is 3. The van der Waals surface area contributed by atoms with Crippen LogP contribution in [0.15, 0.2) is 0 Å². The van der Waals surface area contributed by atoms with Gasteiger partial charge in [-0.1, -0.05) is 25.7 Å². The number of piperidine rings is 2. The number of anilines is 3. The van der Waals surface area contributed by atoms with E-state index in [-0.39, 0.29) is 40.7 Å². The second-order valence-corrected chi connectivity index (χ2v) is 17.2. The van der Waals surface area contributed by atoms with Gasteiger partial charge in [-0.25, -0.2) is 0 Å². The number of unbranched alkanes of at least 4 members (excludes halogenated alkanes) is 4. The Morgan fingerprint density at radius 3 is 1.55 bits per heavy atom. The summed E-state index contributed by atoms with van der Waals surface area (Å²) in [5.74, 6) is -0.205. The van der Waals surface area contributed by atoms with Gasteiger partial charge in [0.15, 0.2) is 0 Å². The summed E-state index contributed by atoms with van der Waals surface area (Å²) < 4.78 is 0. The van der Waals surface area contributed by atoms with Gasteiger partial charge in [-0.3, -0.25) is 9.59 Å². The zero-order chi connectivity index (χ0) is 36.6. The molecule has 2 aliphatic rings. The quantitative estimate of drug-likeness (QED) is 0.101. The molecular formula is C37H68N8O4. The first-order chi connectivity index (χ1) is 22.8. The number of carboxylic acids is 2. The molecule has 12 heteroatoms. The van der Waals surface area contributed by atoms with Crippen LogP contribution in [-0.4, -0.2) is 91.0 Å². The number of hydrogen-bond donors (Lipinski definition) is 5. The Balaban J connectivity index is 1.85. The molecule has 3 heterocycles. The Bertz CT molecular complexity index is 1140. The van der Waals surface area contributed by atoms with Gasteiger partial charge in [0.2, 0.25) is 17.8 Å². The van der Waals surface area contributed by atoms with E-state index in [0.29, 0.717) is 43.7 Å². The molecule has 0 aromatic carbocycles. The highest BCUT2D eigenvalue weighted by Crippen LogP contribution is 2.36. The van der Waals surface area contributed by atoms with Crippen LogP contribution in [0.3, 0.4) is 0 Å². The van der Waals surface area contributed by atoms with Gasteiger partial charge < -0.3 is 36.0 Å². The topological polar surface area (TPSA) is 156 Å². The molecule has 280 valence electrons. The molecule has 1 aromatic heterocycles. The van der Waals surface area contributed by atoms with E-state index in [0.717, 1.165) is 64.5 Å². The molecule has 2 saturated heterocycles. The lowest BCUT2D eigenvalue weighted by atomic mass is 9.79. The van der Waals surface area contributed by atoms with Crippen LogP contribution in [0.25, 0.3) is 0 Å². The first kappa shape index (κ1) is 40.7. The normalized spacial score (nSPS) is 20.8. The molecule has 0 spiro atoms. The van der Waals surface area contributed by atoms with E-state index >= 15 is 0 Å². The first-order valence-corrected chi connectivity index (χ1v) is 18.8. The molecule has 0 aliphatic carbocycles. The van der Waals surface area contributed by atoms with Crippen LogP contribution in [-0.2, 0) is 9.59 Å². The van der Waals surface area contributed by atoms with Gasteiger partial charge in [-0.2, -0.15) is 15.0 Å². The molecule has 1 atom stereocenters. The van der Waals surface area contributed by atoms with E-state index in [2.05, 4.69) is 95.0 Å². The van der Waals surface area contributed by atoms with Crippen molar-refractivity contribution in [2.75, 3.05) is 34.8 Å². The van der Waals surface area contributed by atoms with Gasteiger partial charge in [-0.15, -0.1) is 0 Å². The first-order valence-electron chi connectivity index (χ1n) is 18.8. The minimum Gasteiger partial charge on any atom is -0.481 e. The number of rotatable bonds is 19. The summed E-state index contributed by atoms with van der Waals surface area (Å²) in [6.45, 7) is 24.4. The van der Waals surface area contributed by atoms with Gasteiger partial charge in [-0.05, 0) is 114 Å². The molecule has 12 nitrogen and oxygen atoms in total. The summed E-state index contributed by atoms with van der Waals surface area (Å²) in [5, 5.41) is 29.8. The zero-order valence-electron chi connectivity index (χ0n) is 32.3. The van der Waals surface area contributed by atoms with Crippen molar-refractivity contribution in [3.8, 4) is 0 Å². The molecule has 0 saturated carbocycles. The fraction of sp³-hybridized carbons (Fsp3) is 0.865. The summed E-state index contributed by atoms with van der Waals surface area (Å²) in [5.41, 5.74) is -0.156. The largest absolute Gasteiger partial charge is 0.481 e. The van der Waals surface area contributed by atoms with Crippen LogP contribution in [0.5, 0.6) is 0 Å². The predicted molar refractivity (Wildman–Crippen MR) is 199 cm³/mol. The highest BCUT2D eigenvalue weighted by molar-refractivity contribution is 5.70. The fourth-order valence-corrected chi connectivity index (χ4v) is 8.74. The van der Waals surface area contributed by atoms with Crippen molar-refractivity contribution < 1.29 is 19.8 Å². The average Bonchev–Trinajstić information content (AvgIpc) is 2.93. The zero-order valence-corrected chi connectivity index (χ0v) is 32.3. The van der Waals surface area contributed by atoms with Gasteiger partial charge in [0.1, 0.15) is 0 Å². The van der Waals surface area contributed by atoms with E-state index in [1.807, 2.05) is 0 Å². The molecule has 49 heavy (non-hydrogen) atoms. The van der Waals surface area contributed by atoms with Crippen molar-refractivity contribution in [3.63, 3.8) is 0 Å². The standard InChI is InChI=1S/C37H68N8O4/c1-11-44(27-22-34(3,4)42-35(5,6)23-27)32-39-31(38-21-20-26(30(48)49)18-16-14-13-15-17-19-29(46)47)40-33(41-32)45(12-2)28-24-36(7,8)43-37(9,10)25-28/h26-28,42-43H,11-25H2,1-10H3,(H,46,47)(H,48,49)(H,38,39,40,41). The summed E-state index contributed by atoms with van der Waals surface area (Å²) in [6.07, 6.45) is 9.27. The molecule has 0 bridgehead atoms. The molecule has 2 aliphatic heterocycles. The highest BCUT2D eigenvalue weighted by atomic mass is 16.4. The Kier molecular flexibility index (Phi) is 14.1. The molecular weight excluding hydrogens is 620 g/mol. The highest BCUT2D eigenvalue weighted by Gasteiger charge is 2.42. The molecule has 3 rings (SSSR count). The molecule has 2 fully saturated rings. The third-order valence-corrected chi connectivity index (χ3v) is 10.1. The lowest BCUT2D eigenvalue weighted by molar-refractivity contribution is -0.142. The molecule has 0 amide bonds. The summed E-state index contributed by atoms with van der Waals surface area (Å²) >= 11 is 0. The van der Waals surface area contributed by atoms with Gasteiger partial charge in [0, 0.05) is 60.3 Å². The third kappa shape index (κ3) is 12.8. The minimum absolute atomic E-state index is 0.0389. The number of carboxylic acid groups (broad SMARTS) is 2. The Morgan fingerprint density at radius 1 is 0.714 bits per heavy atom. The third-order valence-electron chi connectivity index (χ3n) is 10.1. The smallest absolute Gasteiger partial charge is 0.306 e. The van der Waals surface area contributed by atoms with E-state index < -0.39 is 17.9 Å². The number of hydrogen-bond acceptors (Lipinski definition) is 10. The van der Waals surface area contributed by atoms with Crippen LogP contribution in [0, 0.1) is 5.92 Å². The van der Waals surface area contributed by atoms with Crippen LogP contribution < -0.4 is 25.8 Å². The van der Waals surface area contributed by atoms with Crippen molar-refractivity contribution >= 4 is 29.8 Å². The lowest BCUT2D eigenvalue weighted by Gasteiger charge is -2.50. The second kappa shape index (κ2) is 17.0. The number of nitrogens with zero attached hydrogens (tertiary/aromatic N) is 5. The van der Waals surface area contributed by atoms with Crippen molar-refractivity contribution in [3.05, 3.63) is 0 Å². The predicted octanol–water partition coefficient (Wildman–Crippen LogP) is 6.46. The van der Waals surface area contributed by atoms with Crippen LogP contribution in [0.4, 0.5) is 17.8 Å². The van der Waals surface area contributed by atoms with Crippen LogP contribution >= 0.6 is 0 Å². The summed E-state index contributed by atoms with van der Waals surface area (Å²) in [4.78, 5) is 42.7. The molecule has 1 aromatic rings. The number of carbonyl (C=O) groups is 2. The van der Waals surface area contributed by atoms with E-state index in [4.69, 9.17) is 20.1 Å². The van der Waals surface area contributed by atoms with Crippen LogP contribution in [0.2, 0.25) is 0 Å². The van der Waals surface area contributed by atoms with E-state index in [1.54, 1.807) is 0 Å². The monoisotopic (exact) mass is 689 g/mol. The van der Waals surface area contributed by atoms with Crippen molar-refractivity contribution in [2.24, 2.45) is 5.92 Å². The Labute approximate surface area is 296 Å². The Hall–Kier alpha value is -2.73. The van der Waals surface area contributed by atoms with Gasteiger partial charge >= 0.3 is 11.9 Å². The maximum Gasteiger partial charge on any atom is 0.306 e. The van der Waals surface area contributed by atoms with Gasteiger partial charge in [0.25, 0.3) is 0 Å². The average molecular weight is 689 g/mol. The summed E-state index contributed by atoms with van der Waals surface area (Å²) in [7, 11) is 0. The number of nitrogens with one attached hydrogen (secondary N) is 3. The second-order valence-electron chi connectivity index (χ2n) is 17.2. The summed E-state index contributed by atoms with van der Waals surface area (Å²) in [6, 6.07) is 0.485. The van der Waals surface area contributed by atoms with Crippen molar-refractivity contribution in [2.45, 2.75) is 181 Å². The van der Waals surface area contributed by atoms with Crippen molar-refractivity contribution in [1.29, 1.82) is 0 Å². The Morgan fingerprint density at radius 2 is 1.14 bits per heavy atom. The molecule has 0 radical (unpaired) electrons. The van der Waals surface area contributed by atoms with Gasteiger partial charge in [0.05, 0.1) is 5.92 Å². The fourth-order valence-electron chi connectivity index (χ4n) is 8.74. The maximum atomic E-state index is 12.1. The number of aliphatic carboxylic acids is 2. The molecule has 5 N–H and O–H groups in total. The molecule has 1 unspecified atom stereocenters. The SMILES string of the molecule is CCN(c1nc(NCCC(CCCCCCCC(=O)O)C(=O)O)nc(N(CC)C2CC(C)(C)NC(C)(C)C2)n1)C1CC(C)(C)NC(C)(C)C1. The minimum atomic E-state index is -0.786. The van der Waals surface area contributed by atoms with E-state index in [1.165, 1.54) is 0 Å². The van der Waals surface area contributed by atoms with E-state index in [9.17, 15) is 14.7 Å². The maximum absolute atomic E-state index is 12.1. The van der Waals surface area contributed by atoms with Crippen LogP contribution in [0.1, 0.15) is 146 Å².